The summed E-state index contributed by atoms with van der Waals surface area (Å²) in [5.74, 6) is 0. The summed E-state index contributed by atoms with van der Waals surface area (Å²) in [6.45, 7) is 2.01. The fraction of sp³-hybridized carbons (Fsp3) is 0.0857. The van der Waals surface area contributed by atoms with Crippen LogP contribution in [0.15, 0.2) is 126 Å². The summed E-state index contributed by atoms with van der Waals surface area (Å²) in [5.41, 5.74) is 9.37. The summed E-state index contributed by atoms with van der Waals surface area (Å²) >= 11 is 0. The molecular weight excluding hydrogens is 462 g/mol. The lowest BCUT2D eigenvalue weighted by molar-refractivity contribution is 0.983. The van der Waals surface area contributed by atoms with Gasteiger partial charge in [-0.1, -0.05) is 84.4 Å². The number of fused-ring (bicyclic) bond motifs is 3. The van der Waals surface area contributed by atoms with Crippen molar-refractivity contribution in [2.45, 2.75) is 19.8 Å². The number of hydrogen-bond acceptors (Lipinski definition) is 2. The number of allylic oxidation sites excluding steroid dienone is 6. The fourth-order valence-electron chi connectivity index (χ4n) is 5.41. The Morgan fingerprint density at radius 1 is 0.658 bits per heavy atom. The third kappa shape index (κ3) is 4.01. The maximum atomic E-state index is 10.2. The number of nitriles is 2. The summed E-state index contributed by atoms with van der Waals surface area (Å²) < 4.78 is 2.13. The van der Waals surface area contributed by atoms with Gasteiger partial charge in [-0.15, -0.1) is 0 Å². The monoisotopic (exact) mass is 487 g/mol. The highest BCUT2D eigenvalue weighted by molar-refractivity contribution is 6.13. The molecule has 1 aliphatic rings. The van der Waals surface area contributed by atoms with Crippen LogP contribution in [0.3, 0.4) is 0 Å². The van der Waals surface area contributed by atoms with Gasteiger partial charge in [0.2, 0.25) is 0 Å². The van der Waals surface area contributed by atoms with E-state index in [2.05, 4.69) is 108 Å². The van der Waals surface area contributed by atoms with Crippen LogP contribution in [0.25, 0.3) is 49.8 Å². The molecule has 180 valence electrons. The number of nitrogens with zero attached hydrogens (tertiary/aromatic N) is 3. The van der Waals surface area contributed by atoms with Crippen LogP contribution >= 0.6 is 0 Å². The van der Waals surface area contributed by atoms with Crippen LogP contribution < -0.4 is 0 Å². The lowest BCUT2D eigenvalue weighted by Crippen LogP contribution is -2.05. The Morgan fingerprint density at radius 3 is 1.71 bits per heavy atom. The van der Waals surface area contributed by atoms with E-state index < -0.39 is 0 Å². The lowest BCUT2D eigenvalue weighted by Gasteiger charge is -2.17. The third-order valence-electron chi connectivity index (χ3n) is 7.23. The van der Waals surface area contributed by atoms with Gasteiger partial charge in [0, 0.05) is 10.8 Å². The summed E-state index contributed by atoms with van der Waals surface area (Å²) in [7, 11) is 0. The van der Waals surface area contributed by atoms with Gasteiger partial charge < -0.3 is 4.57 Å². The quantitative estimate of drug-likeness (QED) is 0.255. The van der Waals surface area contributed by atoms with E-state index in [-0.39, 0.29) is 0 Å². The van der Waals surface area contributed by atoms with Crippen molar-refractivity contribution in [3.63, 3.8) is 0 Å². The zero-order valence-electron chi connectivity index (χ0n) is 21.1. The van der Waals surface area contributed by atoms with Gasteiger partial charge in [0.05, 0.1) is 33.9 Å². The molecule has 0 N–H and O–H groups in total. The smallest absolute Gasteiger partial charge is 0.101 e. The molecule has 6 rings (SSSR count). The lowest BCUT2D eigenvalue weighted by atomic mass is 9.97. The van der Waals surface area contributed by atoms with E-state index in [0.717, 1.165) is 56.1 Å². The van der Waals surface area contributed by atoms with E-state index in [1.165, 1.54) is 0 Å². The Labute approximate surface area is 222 Å². The summed E-state index contributed by atoms with van der Waals surface area (Å²) in [6, 6.07) is 38.5. The van der Waals surface area contributed by atoms with E-state index in [0.29, 0.717) is 23.3 Å². The van der Waals surface area contributed by atoms with E-state index in [4.69, 9.17) is 0 Å². The van der Waals surface area contributed by atoms with Crippen LogP contribution in [0.4, 0.5) is 0 Å². The molecule has 3 nitrogen and oxygen atoms in total. The highest BCUT2D eigenvalue weighted by Crippen LogP contribution is 2.40. The largest absolute Gasteiger partial charge is 0.307 e. The normalized spacial score (nSPS) is 18.5. The van der Waals surface area contributed by atoms with Crippen molar-refractivity contribution in [2.75, 3.05) is 0 Å². The standard InChI is InChI=1S/C35H25N3/c1-24-9-8-14-29(22-36)35(30(19-24)23-37)38-33-17-15-27(25-10-4-2-5-11-25)20-31(33)32-21-28(16-18-34(32)38)26-12-6-3-7-13-26/h2-7,9-13,15-21H,8,14H2,1H3/b24-9-,30-19-,35-29+. The molecule has 38 heavy (non-hydrogen) atoms. The van der Waals surface area contributed by atoms with Gasteiger partial charge in [-0.2, -0.15) is 10.5 Å². The number of aromatic nitrogens is 1. The van der Waals surface area contributed by atoms with E-state index in [9.17, 15) is 10.5 Å². The molecule has 1 heterocycles. The molecule has 3 heteroatoms. The Bertz CT molecular complexity index is 1770. The molecule has 0 saturated heterocycles. The minimum Gasteiger partial charge on any atom is -0.307 e. The maximum absolute atomic E-state index is 10.2. The molecule has 0 bridgehead atoms. The van der Waals surface area contributed by atoms with Gasteiger partial charge in [-0.25, -0.2) is 0 Å². The average Bonchev–Trinajstić information content (AvgIpc) is 3.28. The topological polar surface area (TPSA) is 52.5 Å². The number of rotatable bonds is 3. The first-order valence-corrected chi connectivity index (χ1v) is 12.8. The van der Waals surface area contributed by atoms with Gasteiger partial charge in [0.25, 0.3) is 0 Å². The molecule has 0 spiro atoms. The SMILES string of the molecule is CC1=C/CC/C(C#N)=C(n2c3ccc(-c4ccccc4)cc3c3cc(-c4ccccc4)ccc32)/C(C#N)=C\1. The molecule has 0 fully saturated rings. The zero-order valence-corrected chi connectivity index (χ0v) is 21.1. The van der Waals surface area contributed by atoms with Crippen molar-refractivity contribution >= 4 is 27.5 Å². The van der Waals surface area contributed by atoms with Gasteiger partial charge in [0.1, 0.15) is 6.07 Å². The Hall–Kier alpha value is -5.12. The Kier molecular flexibility index (Phi) is 5.97. The van der Waals surface area contributed by atoms with Crippen LogP contribution in [-0.2, 0) is 0 Å². The minimum atomic E-state index is 0.507. The maximum Gasteiger partial charge on any atom is 0.101 e. The van der Waals surface area contributed by atoms with Crippen molar-refractivity contribution in [1.82, 2.24) is 4.57 Å². The average molecular weight is 488 g/mol. The van der Waals surface area contributed by atoms with Crippen molar-refractivity contribution < 1.29 is 0 Å². The first kappa shape index (κ1) is 23.3. The van der Waals surface area contributed by atoms with E-state index >= 15 is 0 Å². The molecule has 4 aromatic carbocycles. The van der Waals surface area contributed by atoms with Crippen LogP contribution in [0, 0.1) is 22.7 Å². The first-order chi connectivity index (χ1) is 18.7. The summed E-state index contributed by atoms with van der Waals surface area (Å²) in [6.07, 6.45) is 5.35. The highest BCUT2D eigenvalue weighted by atomic mass is 15.0. The fourth-order valence-corrected chi connectivity index (χ4v) is 5.41. The predicted molar refractivity (Wildman–Crippen MR) is 156 cm³/mol. The number of benzene rings is 4. The Morgan fingerprint density at radius 2 is 1.21 bits per heavy atom. The molecule has 0 atom stereocenters. The van der Waals surface area contributed by atoms with Gasteiger partial charge in [0.15, 0.2) is 0 Å². The van der Waals surface area contributed by atoms with Gasteiger partial charge in [-0.05, 0) is 72.4 Å². The molecule has 0 aliphatic heterocycles. The van der Waals surface area contributed by atoms with Crippen molar-refractivity contribution in [2.24, 2.45) is 0 Å². The van der Waals surface area contributed by atoms with Crippen molar-refractivity contribution in [3.05, 3.63) is 126 Å². The van der Waals surface area contributed by atoms with Crippen LogP contribution in [0.2, 0.25) is 0 Å². The minimum absolute atomic E-state index is 0.507. The molecule has 0 saturated carbocycles. The van der Waals surface area contributed by atoms with Crippen LogP contribution in [0.5, 0.6) is 0 Å². The van der Waals surface area contributed by atoms with Crippen LogP contribution in [-0.4, -0.2) is 4.57 Å². The molecular formula is C35H25N3. The summed E-state index contributed by atoms with van der Waals surface area (Å²) in [4.78, 5) is 0. The zero-order chi connectivity index (χ0) is 26.1. The second-order valence-corrected chi connectivity index (χ2v) is 9.63. The van der Waals surface area contributed by atoms with Gasteiger partial charge >= 0.3 is 0 Å². The molecule has 0 amide bonds. The van der Waals surface area contributed by atoms with Crippen molar-refractivity contribution in [3.8, 4) is 34.4 Å². The first-order valence-electron chi connectivity index (χ1n) is 12.8. The van der Waals surface area contributed by atoms with Crippen molar-refractivity contribution in [1.29, 1.82) is 10.5 Å². The van der Waals surface area contributed by atoms with Gasteiger partial charge in [-0.3, -0.25) is 0 Å². The molecule has 0 unspecified atom stereocenters. The van der Waals surface area contributed by atoms with Crippen LogP contribution in [0.1, 0.15) is 19.8 Å². The third-order valence-corrected chi connectivity index (χ3v) is 7.23. The second kappa shape index (κ2) is 9.74. The number of hydrogen-bond donors (Lipinski definition) is 0. The molecule has 0 radical (unpaired) electrons. The molecule has 5 aromatic rings. The highest BCUT2D eigenvalue weighted by Gasteiger charge is 2.22. The molecule has 1 aliphatic carbocycles. The van der Waals surface area contributed by atoms with E-state index in [1.807, 2.05) is 25.1 Å². The predicted octanol–water partition coefficient (Wildman–Crippen LogP) is 9.05. The molecule has 1 aromatic heterocycles. The Balaban J connectivity index is 1.72. The second-order valence-electron chi connectivity index (χ2n) is 9.63. The summed E-state index contributed by atoms with van der Waals surface area (Å²) in [5, 5.41) is 22.6. The van der Waals surface area contributed by atoms with E-state index in [1.54, 1.807) is 0 Å².